The predicted octanol–water partition coefficient (Wildman–Crippen LogP) is 11.2. The van der Waals surface area contributed by atoms with Crippen LogP contribution in [0.1, 0.15) is 160 Å². The van der Waals surface area contributed by atoms with Crippen molar-refractivity contribution < 1.29 is 21.7 Å². The van der Waals surface area contributed by atoms with E-state index in [1.165, 1.54) is 77.0 Å². The van der Waals surface area contributed by atoms with Crippen LogP contribution >= 0.6 is 0 Å². The van der Waals surface area contributed by atoms with E-state index < -0.39 is 0 Å². The topological polar surface area (TPSA) is 0 Å². The molecule has 0 aromatic heterocycles. The fourth-order valence-corrected chi connectivity index (χ4v) is 2.12. The summed E-state index contributed by atoms with van der Waals surface area (Å²) in [4.78, 5) is 0. The summed E-state index contributed by atoms with van der Waals surface area (Å²) in [6.07, 6.45) is 16.0. The van der Waals surface area contributed by atoms with Crippen molar-refractivity contribution in [2.75, 3.05) is 0 Å². The maximum atomic E-state index is 2.23. The van der Waals surface area contributed by atoms with Crippen LogP contribution in [0.5, 0.6) is 0 Å². The van der Waals surface area contributed by atoms with Crippen molar-refractivity contribution in [1.82, 2.24) is 0 Å². The molecule has 0 spiro atoms. The smallest absolute Gasteiger partial charge is 0.320 e. The standard InChI is InChI=1S/4C7H15.Ti/c4*1-4-5-6-7(2)3;/h4*4-6H2,1-3H3;/q4*-1;+4. The first kappa shape index (κ1) is 40.1. The molecule has 0 aliphatic carbocycles. The molecule has 0 radical (unpaired) electrons. The molecule has 0 aliphatic heterocycles. The third-order valence-corrected chi connectivity index (χ3v) is 4.12. The van der Waals surface area contributed by atoms with Gasteiger partial charge in [-0.2, -0.15) is 81.1 Å². The van der Waals surface area contributed by atoms with Crippen molar-refractivity contribution in [2.45, 2.75) is 160 Å². The largest absolute Gasteiger partial charge is 4.00 e. The number of unbranched alkanes of at least 4 members (excludes halogenated alkanes) is 4. The van der Waals surface area contributed by atoms with Crippen LogP contribution < -0.4 is 0 Å². The monoisotopic (exact) mass is 444 g/mol. The van der Waals surface area contributed by atoms with Crippen molar-refractivity contribution in [3.63, 3.8) is 0 Å². The minimum absolute atomic E-state index is 0. The Kier molecular flexibility index (Phi) is 49.9. The number of rotatable bonds is 12. The maximum absolute atomic E-state index is 2.23. The molecule has 0 aromatic carbocycles. The van der Waals surface area contributed by atoms with E-state index in [0.29, 0.717) is 0 Å². The first-order valence-electron chi connectivity index (χ1n) is 12.2. The van der Waals surface area contributed by atoms with Gasteiger partial charge in [-0.3, -0.25) is 0 Å². The summed E-state index contributed by atoms with van der Waals surface area (Å²) >= 11 is 0. The van der Waals surface area contributed by atoms with Gasteiger partial charge in [0.1, 0.15) is 0 Å². The minimum Gasteiger partial charge on any atom is -0.320 e. The molecule has 0 unspecified atom stereocenters. The Morgan fingerprint density at radius 1 is 0.345 bits per heavy atom. The van der Waals surface area contributed by atoms with Gasteiger partial charge in [0.15, 0.2) is 0 Å². The molecule has 1 heteroatoms. The molecule has 176 valence electrons. The van der Waals surface area contributed by atoms with E-state index in [-0.39, 0.29) is 21.7 Å². The van der Waals surface area contributed by atoms with E-state index in [1.807, 2.05) is 0 Å². The Morgan fingerprint density at radius 2 is 0.483 bits per heavy atom. The molecule has 0 aromatic rings. The number of hydrogen-bond donors (Lipinski definition) is 0. The van der Waals surface area contributed by atoms with E-state index in [9.17, 15) is 0 Å². The van der Waals surface area contributed by atoms with Crippen molar-refractivity contribution in [1.29, 1.82) is 0 Å². The summed E-state index contributed by atoms with van der Waals surface area (Å²) in [5.41, 5.74) is 0. The molecule has 0 N–H and O–H groups in total. The molecule has 0 fully saturated rings. The molecule has 0 heterocycles. The van der Waals surface area contributed by atoms with Gasteiger partial charge >= 0.3 is 21.7 Å². The zero-order valence-corrected chi connectivity index (χ0v) is 24.5. The van der Waals surface area contributed by atoms with Gasteiger partial charge < -0.3 is 23.7 Å². The summed E-state index contributed by atoms with van der Waals surface area (Å²) in [6, 6.07) is 0. The molecule has 0 atom stereocenters. The summed E-state index contributed by atoms with van der Waals surface area (Å²) in [5.74, 6) is 6.23. The molecular formula is C28H60Ti. The zero-order valence-electron chi connectivity index (χ0n) is 23.0. The third-order valence-electron chi connectivity index (χ3n) is 4.12. The van der Waals surface area contributed by atoms with Crippen LogP contribution in [0.4, 0.5) is 0 Å². The first-order valence-corrected chi connectivity index (χ1v) is 12.2. The van der Waals surface area contributed by atoms with Gasteiger partial charge in [0.2, 0.25) is 0 Å². The van der Waals surface area contributed by atoms with Gasteiger partial charge in [0.05, 0.1) is 0 Å². The average molecular weight is 445 g/mol. The van der Waals surface area contributed by atoms with Crippen molar-refractivity contribution in [2.24, 2.45) is 0 Å². The van der Waals surface area contributed by atoms with Crippen LogP contribution in [-0.2, 0) is 21.7 Å². The fourth-order valence-electron chi connectivity index (χ4n) is 2.12. The average Bonchev–Trinajstić information content (AvgIpc) is 2.62. The van der Waals surface area contributed by atoms with Gasteiger partial charge in [-0.1, -0.05) is 79.1 Å². The molecule has 0 aliphatic rings. The maximum Gasteiger partial charge on any atom is 4.00 e. The van der Waals surface area contributed by atoms with E-state index in [4.69, 9.17) is 0 Å². The van der Waals surface area contributed by atoms with Crippen molar-refractivity contribution >= 4 is 0 Å². The van der Waals surface area contributed by atoms with Crippen LogP contribution in [0.3, 0.4) is 0 Å². The molecule has 0 rings (SSSR count). The molecule has 0 saturated heterocycles. The van der Waals surface area contributed by atoms with Crippen LogP contribution in [0, 0.1) is 23.7 Å². The summed E-state index contributed by atoms with van der Waals surface area (Å²) in [7, 11) is 0. The summed E-state index contributed by atoms with van der Waals surface area (Å²) < 4.78 is 0. The van der Waals surface area contributed by atoms with Gasteiger partial charge in [0, 0.05) is 0 Å². The molecule has 0 saturated carbocycles. The summed E-state index contributed by atoms with van der Waals surface area (Å²) in [5, 5.41) is 0. The molecular weight excluding hydrogens is 384 g/mol. The minimum atomic E-state index is 0. The second-order valence-corrected chi connectivity index (χ2v) is 9.24. The first-order chi connectivity index (χ1) is 13.1. The van der Waals surface area contributed by atoms with Gasteiger partial charge in [0.25, 0.3) is 0 Å². The Morgan fingerprint density at radius 3 is 0.517 bits per heavy atom. The van der Waals surface area contributed by atoms with E-state index >= 15 is 0 Å². The van der Waals surface area contributed by atoms with Crippen LogP contribution in [0.2, 0.25) is 0 Å². The second-order valence-electron chi connectivity index (χ2n) is 9.24. The predicted molar refractivity (Wildman–Crippen MR) is 136 cm³/mol. The third kappa shape index (κ3) is 73.4. The fraction of sp³-hybridized carbons (Fsp3) is 0.857. The normalized spacial score (nSPS) is 9.93. The number of hydrogen-bond acceptors (Lipinski definition) is 0. The van der Waals surface area contributed by atoms with Crippen molar-refractivity contribution in [3.8, 4) is 0 Å². The molecule has 0 amide bonds. The Hall–Kier alpha value is 0.714. The SMILES string of the molecule is CCCC[C-](C)C.CCCC[C-](C)C.CCCC[C-](C)C.CCCC[C-](C)C.[Ti+4]. The van der Waals surface area contributed by atoms with Gasteiger partial charge in [-0.15, -0.1) is 0 Å². The van der Waals surface area contributed by atoms with Gasteiger partial charge in [-0.25, -0.2) is 0 Å². The Bertz CT molecular complexity index is 170. The van der Waals surface area contributed by atoms with Gasteiger partial charge in [-0.05, 0) is 0 Å². The van der Waals surface area contributed by atoms with E-state index in [1.54, 1.807) is 23.7 Å². The van der Waals surface area contributed by atoms with Crippen LogP contribution in [0.25, 0.3) is 0 Å². The van der Waals surface area contributed by atoms with Crippen LogP contribution in [-0.4, -0.2) is 0 Å². The van der Waals surface area contributed by atoms with Crippen LogP contribution in [0.15, 0.2) is 0 Å². The quantitative estimate of drug-likeness (QED) is 0.207. The Labute approximate surface area is 205 Å². The molecule has 0 bridgehead atoms. The zero-order chi connectivity index (χ0) is 22.8. The Balaban J connectivity index is -0.0000000873. The van der Waals surface area contributed by atoms with E-state index in [2.05, 4.69) is 83.1 Å². The molecule has 0 nitrogen and oxygen atoms in total. The second kappa shape index (κ2) is 36.1. The van der Waals surface area contributed by atoms with Crippen molar-refractivity contribution in [3.05, 3.63) is 23.7 Å². The summed E-state index contributed by atoms with van der Waals surface area (Å²) in [6.45, 7) is 26.4. The van der Waals surface area contributed by atoms with E-state index in [0.717, 1.165) is 0 Å². The molecule has 29 heavy (non-hydrogen) atoms.